The lowest BCUT2D eigenvalue weighted by Crippen LogP contribution is -2.31. The molecule has 2 N–H and O–H groups in total. The molecule has 0 fully saturated rings. The Labute approximate surface area is 77.7 Å². The summed E-state index contributed by atoms with van der Waals surface area (Å²) in [6, 6.07) is 0. The maximum Gasteiger partial charge on any atom is 0.254 e. The highest BCUT2D eigenvalue weighted by atomic mass is 127. The number of fused-ring (bicyclic) bond motifs is 1. The highest BCUT2D eigenvalue weighted by molar-refractivity contribution is 14.1. The van der Waals surface area contributed by atoms with Gasteiger partial charge >= 0.3 is 0 Å². The van der Waals surface area contributed by atoms with Gasteiger partial charge < -0.3 is 10.3 Å². The SMILES string of the molecule is O=C1NCCc2[nH]cc(I)c21. The van der Waals surface area contributed by atoms with Crippen LogP contribution in [0.2, 0.25) is 0 Å². The highest BCUT2D eigenvalue weighted by Crippen LogP contribution is 2.18. The summed E-state index contributed by atoms with van der Waals surface area (Å²) in [5.41, 5.74) is 1.90. The van der Waals surface area contributed by atoms with E-state index >= 15 is 0 Å². The van der Waals surface area contributed by atoms with E-state index < -0.39 is 0 Å². The number of rotatable bonds is 0. The first kappa shape index (κ1) is 7.15. The number of nitrogens with one attached hydrogen (secondary N) is 2. The zero-order valence-electron chi connectivity index (χ0n) is 5.78. The van der Waals surface area contributed by atoms with Crippen molar-refractivity contribution in [2.75, 3.05) is 6.54 Å². The van der Waals surface area contributed by atoms with Crippen LogP contribution in [0.4, 0.5) is 0 Å². The molecule has 2 rings (SSSR count). The number of hydrogen-bond donors (Lipinski definition) is 2. The summed E-state index contributed by atoms with van der Waals surface area (Å²) >= 11 is 2.16. The van der Waals surface area contributed by atoms with Gasteiger partial charge in [0.1, 0.15) is 0 Å². The molecule has 1 amide bonds. The smallest absolute Gasteiger partial charge is 0.254 e. The van der Waals surface area contributed by atoms with Gasteiger partial charge in [-0.3, -0.25) is 4.79 Å². The van der Waals surface area contributed by atoms with Crippen LogP contribution in [0.15, 0.2) is 6.20 Å². The Balaban J connectivity index is 2.56. The van der Waals surface area contributed by atoms with Crippen molar-refractivity contribution in [1.82, 2.24) is 10.3 Å². The Hall–Kier alpha value is -0.520. The molecule has 1 aromatic rings. The first-order valence-electron chi connectivity index (χ1n) is 3.43. The average Bonchev–Trinajstić information content (AvgIpc) is 2.34. The predicted octanol–water partition coefficient (Wildman–Crippen LogP) is 0.905. The van der Waals surface area contributed by atoms with Crippen LogP contribution < -0.4 is 5.32 Å². The van der Waals surface area contributed by atoms with E-state index in [1.165, 1.54) is 0 Å². The van der Waals surface area contributed by atoms with Crippen LogP contribution in [0.3, 0.4) is 0 Å². The van der Waals surface area contributed by atoms with Crippen LogP contribution in [0.25, 0.3) is 0 Å². The van der Waals surface area contributed by atoms with Crippen LogP contribution in [-0.4, -0.2) is 17.4 Å². The van der Waals surface area contributed by atoms with Crippen LogP contribution in [-0.2, 0) is 6.42 Å². The number of halogens is 1. The summed E-state index contributed by atoms with van der Waals surface area (Å²) in [4.78, 5) is 14.3. The molecule has 0 aromatic carbocycles. The number of aromatic amines is 1. The summed E-state index contributed by atoms with van der Waals surface area (Å²) in [6.07, 6.45) is 2.79. The standard InChI is InChI=1S/C7H7IN2O/c8-4-3-10-5-1-2-9-7(11)6(4)5/h3,10H,1-2H2,(H,9,11). The Bertz CT molecular complexity index is 305. The third-order valence-corrected chi connectivity index (χ3v) is 2.65. The fourth-order valence-corrected chi connectivity index (χ4v) is 2.00. The zero-order chi connectivity index (χ0) is 7.84. The third kappa shape index (κ3) is 1.05. The lowest BCUT2D eigenvalue weighted by molar-refractivity contribution is 0.0945. The number of carbonyl (C=O) groups is 1. The van der Waals surface area contributed by atoms with Crippen molar-refractivity contribution in [2.24, 2.45) is 0 Å². The third-order valence-electron chi connectivity index (χ3n) is 1.80. The van der Waals surface area contributed by atoms with Gasteiger partial charge in [-0.05, 0) is 22.6 Å². The van der Waals surface area contributed by atoms with Gasteiger partial charge in [-0.25, -0.2) is 0 Å². The molecule has 0 bridgehead atoms. The fourth-order valence-electron chi connectivity index (χ4n) is 1.27. The number of H-pyrrole nitrogens is 1. The van der Waals surface area contributed by atoms with E-state index in [-0.39, 0.29) is 5.91 Å². The minimum absolute atomic E-state index is 0.0527. The highest BCUT2D eigenvalue weighted by Gasteiger charge is 2.20. The minimum Gasteiger partial charge on any atom is -0.363 e. The molecular formula is C7H7IN2O. The molecular weight excluding hydrogens is 255 g/mol. The normalized spacial score (nSPS) is 15.9. The van der Waals surface area contributed by atoms with Crippen LogP contribution in [0, 0.1) is 3.57 Å². The Morgan fingerprint density at radius 1 is 1.55 bits per heavy atom. The van der Waals surface area contributed by atoms with E-state index in [0.29, 0.717) is 0 Å². The fraction of sp³-hybridized carbons (Fsp3) is 0.286. The van der Waals surface area contributed by atoms with E-state index in [4.69, 9.17) is 0 Å². The van der Waals surface area contributed by atoms with Crippen molar-refractivity contribution in [3.05, 3.63) is 21.0 Å². The van der Waals surface area contributed by atoms with Gasteiger partial charge in [-0.15, -0.1) is 0 Å². The topological polar surface area (TPSA) is 44.9 Å². The van der Waals surface area contributed by atoms with Crippen molar-refractivity contribution in [1.29, 1.82) is 0 Å². The molecule has 2 heterocycles. The number of hydrogen-bond acceptors (Lipinski definition) is 1. The van der Waals surface area contributed by atoms with Gasteiger partial charge in [0.05, 0.1) is 5.56 Å². The summed E-state index contributed by atoms with van der Waals surface area (Å²) in [6.45, 7) is 0.752. The summed E-state index contributed by atoms with van der Waals surface area (Å²) in [5, 5.41) is 2.80. The molecule has 1 aromatic heterocycles. The zero-order valence-corrected chi connectivity index (χ0v) is 7.94. The number of carbonyl (C=O) groups excluding carboxylic acids is 1. The molecule has 0 spiro atoms. The first-order chi connectivity index (χ1) is 5.29. The molecule has 0 aliphatic carbocycles. The molecule has 0 saturated carbocycles. The molecule has 0 unspecified atom stereocenters. The van der Waals surface area contributed by atoms with E-state index in [0.717, 1.165) is 27.8 Å². The van der Waals surface area contributed by atoms with Crippen LogP contribution in [0.5, 0.6) is 0 Å². The summed E-state index contributed by atoms with van der Waals surface area (Å²) < 4.78 is 1.01. The Morgan fingerprint density at radius 2 is 2.36 bits per heavy atom. The van der Waals surface area contributed by atoms with Gasteiger partial charge in [0.2, 0.25) is 0 Å². The van der Waals surface area contributed by atoms with E-state index in [2.05, 4.69) is 32.9 Å². The molecule has 0 radical (unpaired) electrons. The molecule has 1 aliphatic heterocycles. The molecule has 0 saturated heterocycles. The monoisotopic (exact) mass is 262 g/mol. The van der Waals surface area contributed by atoms with Gasteiger partial charge in [0.15, 0.2) is 0 Å². The van der Waals surface area contributed by atoms with Gasteiger partial charge in [0, 0.05) is 28.4 Å². The van der Waals surface area contributed by atoms with E-state index in [9.17, 15) is 4.79 Å². The van der Waals surface area contributed by atoms with Gasteiger partial charge in [-0.1, -0.05) is 0 Å². The summed E-state index contributed by atoms with van der Waals surface area (Å²) in [5.74, 6) is 0.0527. The molecule has 58 valence electrons. The molecule has 3 nitrogen and oxygen atoms in total. The molecule has 4 heteroatoms. The van der Waals surface area contributed by atoms with Crippen LogP contribution in [0.1, 0.15) is 16.1 Å². The predicted molar refractivity (Wildman–Crippen MR) is 49.5 cm³/mol. The average molecular weight is 262 g/mol. The van der Waals surface area contributed by atoms with Crippen molar-refractivity contribution in [3.63, 3.8) is 0 Å². The maximum atomic E-state index is 11.2. The number of aromatic nitrogens is 1. The summed E-state index contributed by atoms with van der Waals surface area (Å²) in [7, 11) is 0. The van der Waals surface area contributed by atoms with Crippen LogP contribution >= 0.6 is 22.6 Å². The van der Waals surface area contributed by atoms with E-state index in [1.54, 1.807) is 0 Å². The lowest BCUT2D eigenvalue weighted by atomic mass is 10.1. The largest absolute Gasteiger partial charge is 0.363 e. The second-order valence-electron chi connectivity index (χ2n) is 2.50. The van der Waals surface area contributed by atoms with Crippen molar-refractivity contribution < 1.29 is 4.79 Å². The molecule has 1 aliphatic rings. The second kappa shape index (κ2) is 2.51. The maximum absolute atomic E-state index is 11.2. The quantitative estimate of drug-likeness (QED) is 0.670. The van der Waals surface area contributed by atoms with E-state index in [1.807, 2.05) is 6.20 Å². The number of amides is 1. The van der Waals surface area contributed by atoms with Crippen molar-refractivity contribution in [2.45, 2.75) is 6.42 Å². The van der Waals surface area contributed by atoms with Gasteiger partial charge in [0.25, 0.3) is 5.91 Å². The Kier molecular flexibility index (Phi) is 1.63. The first-order valence-corrected chi connectivity index (χ1v) is 4.51. The van der Waals surface area contributed by atoms with Crippen molar-refractivity contribution in [3.8, 4) is 0 Å². The lowest BCUT2D eigenvalue weighted by Gasteiger charge is -2.11. The molecule has 11 heavy (non-hydrogen) atoms. The Morgan fingerprint density at radius 3 is 3.09 bits per heavy atom. The van der Waals surface area contributed by atoms with Crippen molar-refractivity contribution >= 4 is 28.5 Å². The van der Waals surface area contributed by atoms with Gasteiger partial charge in [-0.2, -0.15) is 0 Å². The minimum atomic E-state index is 0.0527. The molecule has 0 atom stereocenters. The second-order valence-corrected chi connectivity index (χ2v) is 3.66.